The van der Waals surface area contributed by atoms with Gasteiger partial charge < -0.3 is 28.8 Å². The minimum absolute atomic E-state index is 0.338. The highest BCUT2D eigenvalue weighted by molar-refractivity contribution is 7.86. The summed E-state index contributed by atoms with van der Waals surface area (Å²) in [5, 5.41) is 21.3. The molecule has 2 atom stereocenters. The predicted molar refractivity (Wildman–Crippen MR) is 112 cm³/mol. The molecule has 2 aromatic carbocycles. The molecule has 0 saturated carbocycles. The molecule has 0 amide bonds. The van der Waals surface area contributed by atoms with E-state index in [2.05, 4.69) is 0 Å². The SMILES string of the molecule is Cc1ccc(S(=O)(=O)[O-])c([C@]2(CO)OC(C)(C)O[C@@]2(CO)c2cc(C)ccc2S(=O)(=O)[O-])c1. The Kier molecular flexibility index (Phi) is 6.31. The molecule has 1 heterocycles. The lowest BCUT2D eigenvalue weighted by atomic mass is 9.73. The van der Waals surface area contributed by atoms with Gasteiger partial charge in [-0.3, -0.25) is 0 Å². The van der Waals surface area contributed by atoms with Crippen molar-refractivity contribution in [2.75, 3.05) is 13.2 Å². The molecule has 0 aliphatic carbocycles. The zero-order chi connectivity index (χ0) is 25.0. The largest absolute Gasteiger partial charge is 0.744 e. The predicted octanol–water partition coefficient (Wildman–Crippen LogP) is 0.970. The number of hydrogen-bond acceptors (Lipinski definition) is 10. The molecule has 0 radical (unpaired) electrons. The van der Waals surface area contributed by atoms with Crippen LogP contribution in [0.4, 0.5) is 0 Å². The zero-order valence-electron chi connectivity index (χ0n) is 18.4. The van der Waals surface area contributed by atoms with E-state index < -0.39 is 60.2 Å². The average Bonchev–Trinajstić information content (AvgIpc) is 2.94. The van der Waals surface area contributed by atoms with Gasteiger partial charge >= 0.3 is 0 Å². The highest BCUT2D eigenvalue weighted by Gasteiger charge is 2.66. The monoisotopic (exact) mass is 500 g/mol. The smallest absolute Gasteiger partial charge is 0.165 e. The van der Waals surface area contributed by atoms with Crippen LogP contribution >= 0.6 is 0 Å². The van der Waals surface area contributed by atoms with E-state index in [0.717, 1.165) is 12.1 Å². The molecule has 2 N–H and O–H groups in total. The maximum Gasteiger partial charge on any atom is 0.165 e. The van der Waals surface area contributed by atoms with E-state index in [0.29, 0.717) is 11.1 Å². The Hall–Kier alpha value is -1.90. The lowest BCUT2D eigenvalue weighted by Gasteiger charge is -2.43. The van der Waals surface area contributed by atoms with Crippen LogP contribution in [-0.4, -0.2) is 55.2 Å². The van der Waals surface area contributed by atoms with Gasteiger partial charge in [0.1, 0.15) is 20.2 Å². The summed E-state index contributed by atoms with van der Waals surface area (Å²) in [5.41, 5.74) is -4.28. The van der Waals surface area contributed by atoms with Crippen LogP contribution in [0.3, 0.4) is 0 Å². The van der Waals surface area contributed by atoms with Crippen molar-refractivity contribution in [1.29, 1.82) is 0 Å². The van der Waals surface area contributed by atoms with Crippen molar-refractivity contribution in [1.82, 2.24) is 0 Å². The van der Waals surface area contributed by atoms with E-state index in [-0.39, 0.29) is 11.1 Å². The van der Waals surface area contributed by atoms with Gasteiger partial charge in [-0.1, -0.05) is 35.4 Å². The summed E-state index contributed by atoms with van der Waals surface area (Å²) in [5.74, 6) is -1.62. The van der Waals surface area contributed by atoms with Crippen molar-refractivity contribution in [2.24, 2.45) is 0 Å². The number of aliphatic hydroxyl groups excluding tert-OH is 2. The Morgan fingerprint density at radius 3 is 1.36 bits per heavy atom. The fraction of sp³-hybridized carbons (Fsp3) is 0.429. The standard InChI is InChI=1S/C21H26O10S2/c1-13-5-7-17(32(24,25)26)15(9-13)20(11-22)21(12-23,31-19(3,4)30-20)16-10-14(2)6-8-18(16)33(27,28)29/h5-10,22-23H,11-12H2,1-4H3,(H,24,25,26)(H,27,28,29)/p-2/t20-,21-/m0/s1. The Labute approximate surface area is 192 Å². The first kappa shape index (κ1) is 25.7. The van der Waals surface area contributed by atoms with Crippen LogP contribution in [0.2, 0.25) is 0 Å². The third-order valence-corrected chi connectivity index (χ3v) is 7.41. The molecule has 1 fully saturated rings. The summed E-state index contributed by atoms with van der Waals surface area (Å²) in [7, 11) is -10.2. The highest BCUT2D eigenvalue weighted by atomic mass is 32.2. The van der Waals surface area contributed by atoms with Gasteiger partial charge in [0.15, 0.2) is 17.0 Å². The Morgan fingerprint density at radius 2 is 1.09 bits per heavy atom. The lowest BCUT2D eigenvalue weighted by molar-refractivity contribution is -0.179. The van der Waals surface area contributed by atoms with Crippen molar-refractivity contribution >= 4 is 20.2 Å². The van der Waals surface area contributed by atoms with Crippen LogP contribution in [-0.2, 0) is 40.9 Å². The summed E-state index contributed by atoms with van der Waals surface area (Å²) >= 11 is 0. The Bertz CT molecular complexity index is 1200. The molecule has 12 heteroatoms. The van der Waals surface area contributed by atoms with Gasteiger partial charge in [-0.05, 0) is 39.8 Å². The van der Waals surface area contributed by atoms with E-state index in [9.17, 15) is 36.2 Å². The molecular formula is C21H24O10S2-2. The highest BCUT2D eigenvalue weighted by Crippen LogP contribution is 2.57. The summed E-state index contributed by atoms with van der Waals surface area (Å²) in [6, 6.07) is 7.34. The minimum Gasteiger partial charge on any atom is -0.744 e. The second-order valence-electron chi connectivity index (χ2n) is 8.48. The van der Waals surface area contributed by atoms with Gasteiger partial charge in [0.05, 0.1) is 23.0 Å². The van der Waals surface area contributed by atoms with Crippen LogP contribution in [0.15, 0.2) is 46.2 Å². The summed E-state index contributed by atoms with van der Waals surface area (Å²) in [6.45, 7) is 3.92. The molecule has 0 unspecified atom stereocenters. The molecule has 0 spiro atoms. The number of benzene rings is 2. The maximum atomic E-state index is 12.1. The Morgan fingerprint density at radius 1 is 0.758 bits per heavy atom. The van der Waals surface area contributed by atoms with Crippen LogP contribution in [0.1, 0.15) is 36.1 Å². The van der Waals surface area contributed by atoms with E-state index >= 15 is 0 Å². The average molecular weight is 501 g/mol. The van der Waals surface area contributed by atoms with E-state index in [1.807, 2.05) is 0 Å². The molecule has 2 aromatic rings. The number of aliphatic hydroxyl groups is 2. The van der Waals surface area contributed by atoms with Gasteiger partial charge in [0.2, 0.25) is 0 Å². The first-order valence-electron chi connectivity index (χ1n) is 9.79. The van der Waals surface area contributed by atoms with Crippen LogP contribution in [0.25, 0.3) is 0 Å². The Balaban J connectivity index is 2.56. The van der Waals surface area contributed by atoms with Gasteiger partial charge in [0, 0.05) is 11.1 Å². The van der Waals surface area contributed by atoms with E-state index in [1.165, 1.54) is 38.1 Å². The lowest BCUT2D eigenvalue weighted by Crippen LogP contribution is -2.53. The minimum atomic E-state index is -5.12. The second kappa shape index (κ2) is 8.10. The second-order valence-corrected chi connectivity index (χ2v) is 11.2. The number of rotatable bonds is 6. The molecule has 1 aliphatic rings. The third kappa shape index (κ3) is 4.21. The quantitative estimate of drug-likeness (QED) is 0.544. The molecule has 0 aromatic heterocycles. The van der Waals surface area contributed by atoms with Crippen molar-refractivity contribution < 1.29 is 45.6 Å². The first-order chi connectivity index (χ1) is 15.0. The van der Waals surface area contributed by atoms with Gasteiger partial charge in [-0.15, -0.1) is 0 Å². The van der Waals surface area contributed by atoms with Crippen LogP contribution < -0.4 is 0 Å². The number of hydrogen-bond donors (Lipinski definition) is 2. The molecule has 3 rings (SSSR count). The summed E-state index contributed by atoms with van der Waals surface area (Å²) in [4.78, 5) is -1.50. The van der Waals surface area contributed by atoms with Crippen LogP contribution in [0.5, 0.6) is 0 Å². The molecule has 0 bridgehead atoms. The fourth-order valence-electron chi connectivity index (χ4n) is 4.42. The van der Waals surface area contributed by atoms with Gasteiger partial charge in [-0.25, -0.2) is 16.8 Å². The molecule has 182 valence electrons. The molecular weight excluding hydrogens is 476 g/mol. The van der Waals surface area contributed by atoms with Gasteiger partial charge in [0.25, 0.3) is 0 Å². The maximum absolute atomic E-state index is 12.1. The molecule has 33 heavy (non-hydrogen) atoms. The topological polar surface area (TPSA) is 173 Å². The van der Waals surface area contributed by atoms with Crippen molar-refractivity contribution in [2.45, 2.75) is 54.5 Å². The summed E-state index contributed by atoms with van der Waals surface area (Å²) in [6.07, 6.45) is 0. The van der Waals surface area contributed by atoms with E-state index in [4.69, 9.17) is 9.47 Å². The van der Waals surface area contributed by atoms with E-state index in [1.54, 1.807) is 13.8 Å². The normalized spacial score (nSPS) is 25.3. The third-order valence-electron chi connectivity index (χ3n) is 5.62. The van der Waals surface area contributed by atoms with Crippen molar-refractivity contribution in [3.05, 3.63) is 58.7 Å². The molecule has 10 nitrogen and oxygen atoms in total. The molecule has 1 saturated heterocycles. The summed E-state index contributed by atoms with van der Waals surface area (Å²) < 4.78 is 84.7. The van der Waals surface area contributed by atoms with Crippen molar-refractivity contribution in [3.63, 3.8) is 0 Å². The first-order valence-corrected chi connectivity index (χ1v) is 12.6. The van der Waals surface area contributed by atoms with Crippen molar-refractivity contribution in [3.8, 4) is 0 Å². The zero-order valence-corrected chi connectivity index (χ0v) is 20.0. The van der Waals surface area contributed by atoms with Gasteiger partial charge in [-0.2, -0.15) is 0 Å². The molecule has 1 aliphatic heterocycles. The number of ether oxygens (including phenoxy) is 2. The van der Waals surface area contributed by atoms with Crippen LogP contribution in [0, 0.1) is 13.8 Å². The number of aryl methyl sites for hydroxylation is 2. The fourth-order valence-corrected chi connectivity index (χ4v) is 5.87.